The Labute approximate surface area is 164 Å². The van der Waals surface area contributed by atoms with E-state index in [9.17, 15) is 13.2 Å². The second-order valence-corrected chi connectivity index (χ2v) is 8.29. The second-order valence-electron chi connectivity index (χ2n) is 6.60. The zero-order chi connectivity index (χ0) is 20.5. The highest BCUT2D eigenvalue weighted by Gasteiger charge is 2.20. The molecule has 0 fully saturated rings. The first-order valence-electron chi connectivity index (χ1n) is 8.71. The minimum atomic E-state index is -3.80. The molecule has 0 saturated carbocycles. The predicted molar refractivity (Wildman–Crippen MR) is 109 cm³/mol. The fourth-order valence-electron chi connectivity index (χ4n) is 2.84. The molecule has 2 aromatic carbocycles. The van der Waals surface area contributed by atoms with E-state index < -0.39 is 10.0 Å². The molecule has 3 aromatic rings. The molecule has 0 atom stereocenters. The number of nitrogens with zero attached hydrogens (tertiary/aromatic N) is 2. The third kappa shape index (κ3) is 4.07. The normalized spacial score (nSPS) is 11.3. The van der Waals surface area contributed by atoms with Gasteiger partial charge in [0.2, 0.25) is 5.91 Å². The lowest BCUT2D eigenvalue weighted by Gasteiger charge is -2.10. The van der Waals surface area contributed by atoms with E-state index >= 15 is 0 Å². The van der Waals surface area contributed by atoms with Crippen LogP contribution in [0.2, 0.25) is 0 Å². The molecule has 1 amide bonds. The van der Waals surface area contributed by atoms with E-state index in [0.29, 0.717) is 22.8 Å². The summed E-state index contributed by atoms with van der Waals surface area (Å²) in [6, 6.07) is 13.8. The van der Waals surface area contributed by atoms with Crippen LogP contribution in [0, 0.1) is 20.8 Å². The lowest BCUT2D eigenvalue weighted by molar-refractivity contribution is -0.114. The largest absolute Gasteiger partial charge is 0.326 e. The Bertz CT molecular complexity index is 1120. The lowest BCUT2D eigenvalue weighted by Crippen LogP contribution is -2.14. The first kappa shape index (κ1) is 19.6. The number of amides is 1. The molecule has 3 rings (SSSR count). The molecule has 0 aliphatic rings. The van der Waals surface area contributed by atoms with Gasteiger partial charge in [-0.1, -0.05) is 17.7 Å². The Morgan fingerprint density at radius 3 is 2.14 bits per heavy atom. The van der Waals surface area contributed by atoms with Crippen LogP contribution in [0.1, 0.15) is 23.9 Å². The zero-order valence-electron chi connectivity index (χ0n) is 16.1. The molecule has 7 nitrogen and oxygen atoms in total. The van der Waals surface area contributed by atoms with Gasteiger partial charge in [0, 0.05) is 12.6 Å². The first-order chi connectivity index (χ1) is 13.2. The quantitative estimate of drug-likeness (QED) is 0.687. The van der Waals surface area contributed by atoms with Gasteiger partial charge in [-0.2, -0.15) is 5.10 Å². The second kappa shape index (κ2) is 7.47. The fourth-order valence-corrected chi connectivity index (χ4v) is 4.02. The summed E-state index contributed by atoms with van der Waals surface area (Å²) in [5.74, 6) is -0.219. The van der Waals surface area contributed by atoms with Crippen LogP contribution in [0.25, 0.3) is 5.69 Å². The van der Waals surface area contributed by atoms with Crippen LogP contribution in [0.4, 0.5) is 11.4 Å². The molecule has 0 saturated heterocycles. The molecule has 8 heteroatoms. The van der Waals surface area contributed by atoms with Crippen LogP contribution >= 0.6 is 0 Å². The average Bonchev–Trinajstić information content (AvgIpc) is 2.90. The van der Waals surface area contributed by atoms with Crippen LogP contribution in [0.5, 0.6) is 0 Å². The summed E-state index contributed by atoms with van der Waals surface area (Å²) in [6.07, 6.45) is 0. The number of hydrogen-bond donors (Lipinski definition) is 2. The molecule has 2 N–H and O–H groups in total. The first-order valence-corrected chi connectivity index (χ1v) is 10.2. The predicted octanol–water partition coefficient (Wildman–Crippen LogP) is 3.56. The van der Waals surface area contributed by atoms with Crippen molar-refractivity contribution in [3.63, 3.8) is 0 Å². The van der Waals surface area contributed by atoms with Crippen LogP contribution < -0.4 is 10.0 Å². The van der Waals surface area contributed by atoms with Crippen LogP contribution in [-0.4, -0.2) is 24.1 Å². The third-order valence-electron chi connectivity index (χ3n) is 4.29. The van der Waals surface area contributed by atoms with Crippen LogP contribution in [-0.2, 0) is 14.8 Å². The summed E-state index contributed by atoms with van der Waals surface area (Å²) in [4.78, 5) is 11.2. The van der Waals surface area contributed by atoms with Crippen molar-refractivity contribution in [2.75, 3.05) is 10.0 Å². The molecule has 0 bridgehead atoms. The van der Waals surface area contributed by atoms with E-state index in [1.54, 1.807) is 23.7 Å². The number of rotatable bonds is 5. The van der Waals surface area contributed by atoms with Crippen LogP contribution in [0.15, 0.2) is 53.4 Å². The number of aromatic nitrogens is 2. The van der Waals surface area contributed by atoms with Crippen molar-refractivity contribution in [1.29, 1.82) is 0 Å². The molecule has 0 unspecified atom stereocenters. The molecule has 0 spiro atoms. The molecular formula is C20H22N4O3S. The third-order valence-corrected chi connectivity index (χ3v) is 5.66. The summed E-state index contributed by atoms with van der Waals surface area (Å²) >= 11 is 0. The number of anilines is 2. The number of hydrogen-bond acceptors (Lipinski definition) is 4. The maximum atomic E-state index is 12.8. The Balaban J connectivity index is 1.90. The molecular weight excluding hydrogens is 376 g/mol. The van der Waals surface area contributed by atoms with Gasteiger partial charge in [0.05, 0.1) is 27.7 Å². The standard InChI is InChI=1S/C20H22N4O3S/c1-13-5-9-18(10-6-13)24-15(3)20(14(2)22-24)23-28(26,27)19-11-7-17(8-12-19)21-16(4)25/h5-12,23H,1-4H3,(H,21,25). The van der Waals surface area contributed by atoms with Crippen molar-refractivity contribution in [2.24, 2.45) is 0 Å². The highest BCUT2D eigenvalue weighted by molar-refractivity contribution is 7.92. The van der Waals surface area contributed by atoms with E-state index in [4.69, 9.17) is 0 Å². The van der Waals surface area contributed by atoms with Gasteiger partial charge in [0.15, 0.2) is 0 Å². The van der Waals surface area contributed by atoms with Gasteiger partial charge in [0.1, 0.15) is 0 Å². The number of benzene rings is 2. The summed E-state index contributed by atoms with van der Waals surface area (Å²) < 4.78 is 29.9. The summed E-state index contributed by atoms with van der Waals surface area (Å²) in [6.45, 7) is 6.97. The average molecular weight is 398 g/mol. The Morgan fingerprint density at radius 1 is 0.964 bits per heavy atom. The van der Waals surface area contributed by atoms with Crippen molar-refractivity contribution in [1.82, 2.24) is 9.78 Å². The van der Waals surface area contributed by atoms with Gasteiger partial charge in [-0.3, -0.25) is 9.52 Å². The molecule has 1 aromatic heterocycles. The molecule has 1 heterocycles. The molecule has 0 radical (unpaired) electrons. The van der Waals surface area contributed by atoms with Crippen LogP contribution in [0.3, 0.4) is 0 Å². The smallest absolute Gasteiger partial charge is 0.262 e. The Morgan fingerprint density at radius 2 is 1.57 bits per heavy atom. The summed E-state index contributed by atoms with van der Waals surface area (Å²) in [7, 11) is -3.80. The zero-order valence-corrected chi connectivity index (χ0v) is 17.0. The highest BCUT2D eigenvalue weighted by atomic mass is 32.2. The summed E-state index contributed by atoms with van der Waals surface area (Å²) in [5.41, 5.74) is 4.25. The minimum absolute atomic E-state index is 0.100. The van der Waals surface area contributed by atoms with E-state index in [-0.39, 0.29) is 10.8 Å². The van der Waals surface area contributed by atoms with Gasteiger partial charge >= 0.3 is 0 Å². The number of sulfonamides is 1. The maximum Gasteiger partial charge on any atom is 0.262 e. The van der Waals surface area contributed by atoms with Crippen molar-refractivity contribution in [3.05, 3.63) is 65.5 Å². The van der Waals surface area contributed by atoms with E-state index in [0.717, 1.165) is 11.3 Å². The van der Waals surface area contributed by atoms with E-state index in [1.165, 1.54) is 19.1 Å². The van der Waals surface area contributed by atoms with E-state index in [2.05, 4.69) is 15.1 Å². The lowest BCUT2D eigenvalue weighted by atomic mass is 10.2. The van der Waals surface area contributed by atoms with Gasteiger partial charge in [0.25, 0.3) is 10.0 Å². The number of carbonyl (C=O) groups excluding carboxylic acids is 1. The topological polar surface area (TPSA) is 93.1 Å². The molecule has 0 aliphatic carbocycles. The van der Waals surface area contributed by atoms with Crippen molar-refractivity contribution >= 4 is 27.3 Å². The number of aryl methyl sites for hydroxylation is 2. The van der Waals surface area contributed by atoms with Crippen molar-refractivity contribution in [3.8, 4) is 5.69 Å². The van der Waals surface area contributed by atoms with Gasteiger partial charge in [-0.05, 0) is 57.2 Å². The minimum Gasteiger partial charge on any atom is -0.326 e. The van der Waals surface area contributed by atoms with E-state index in [1.807, 2.05) is 38.1 Å². The Kier molecular flexibility index (Phi) is 5.24. The highest BCUT2D eigenvalue weighted by Crippen LogP contribution is 2.26. The van der Waals surface area contributed by atoms with Crippen molar-refractivity contribution < 1.29 is 13.2 Å². The Hall–Kier alpha value is -3.13. The SMILES string of the molecule is CC(=O)Nc1ccc(S(=O)(=O)Nc2c(C)nn(-c3ccc(C)cc3)c2C)cc1. The number of carbonyl (C=O) groups is 1. The molecule has 28 heavy (non-hydrogen) atoms. The monoisotopic (exact) mass is 398 g/mol. The number of nitrogens with one attached hydrogen (secondary N) is 2. The van der Waals surface area contributed by atoms with Gasteiger partial charge in [-0.25, -0.2) is 13.1 Å². The molecule has 0 aliphatic heterocycles. The van der Waals surface area contributed by atoms with Crippen molar-refractivity contribution in [2.45, 2.75) is 32.6 Å². The molecule has 146 valence electrons. The summed E-state index contributed by atoms with van der Waals surface area (Å²) in [5, 5.41) is 7.09. The van der Waals surface area contributed by atoms with Gasteiger partial charge in [-0.15, -0.1) is 0 Å². The van der Waals surface area contributed by atoms with Gasteiger partial charge < -0.3 is 5.32 Å². The maximum absolute atomic E-state index is 12.8. The fraction of sp³-hybridized carbons (Fsp3) is 0.200.